The SMILES string of the molecule is CCOC(=O)c1ccc(OCCCN(CCc2cccnc2)Cc2ccncc2)cc1. The summed E-state index contributed by atoms with van der Waals surface area (Å²) in [5, 5.41) is 0. The number of hydrogen-bond donors (Lipinski definition) is 0. The average molecular weight is 420 g/mol. The molecule has 0 amide bonds. The molecule has 0 saturated heterocycles. The van der Waals surface area contributed by atoms with E-state index in [9.17, 15) is 4.79 Å². The molecule has 0 spiro atoms. The summed E-state index contributed by atoms with van der Waals surface area (Å²) in [7, 11) is 0. The predicted molar refractivity (Wildman–Crippen MR) is 120 cm³/mol. The van der Waals surface area contributed by atoms with Crippen LogP contribution in [0.2, 0.25) is 0 Å². The monoisotopic (exact) mass is 419 g/mol. The van der Waals surface area contributed by atoms with Crippen molar-refractivity contribution in [3.8, 4) is 5.75 Å². The van der Waals surface area contributed by atoms with Crippen LogP contribution in [0.4, 0.5) is 0 Å². The van der Waals surface area contributed by atoms with E-state index in [0.717, 1.165) is 38.2 Å². The van der Waals surface area contributed by atoms with Crippen LogP contribution in [-0.4, -0.2) is 47.1 Å². The fourth-order valence-electron chi connectivity index (χ4n) is 3.23. The van der Waals surface area contributed by atoms with E-state index in [1.54, 1.807) is 25.3 Å². The van der Waals surface area contributed by atoms with E-state index >= 15 is 0 Å². The van der Waals surface area contributed by atoms with E-state index in [-0.39, 0.29) is 5.97 Å². The third-order valence-electron chi connectivity index (χ3n) is 4.85. The highest BCUT2D eigenvalue weighted by Gasteiger charge is 2.08. The number of carbonyl (C=O) groups is 1. The summed E-state index contributed by atoms with van der Waals surface area (Å²) in [6.45, 7) is 5.51. The Morgan fingerprint density at radius 2 is 1.74 bits per heavy atom. The molecule has 2 heterocycles. The van der Waals surface area contributed by atoms with Crippen LogP contribution in [0.15, 0.2) is 73.3 Å². The van der Waals surface area contributed by atoms with Crippen molar-refractivity contribution in [1.82, 2.24) is 14.9 Å². The normalized spacial score (nSPS) is 10.8. The van der Waals surface area contributed by atoms with Gasteiger partial charge in [0.2, 0.25) is 0 Å². The molecule has 162 valence electrons. The third kappa shape index (κ3) is 7.83. The average Bonchev–Trinajstić information content (AvgIpc) is 2.82. The molecule has 1 aromatic carbocycles. The number of aromatic nitrogens is 2. The molecule has 2 aromatic heterocycles. The van der Waals surface area contributed by atoms with Crippen LogP contribution in [-0.2, 0) is 17.7 Å². The number of pyridine rings is 2. The zero-order valence-electron chi connectivity index (χ0n) is 17.9. The number of nitrogens with zero attached hydrogens (tertiary/aromatic N) is 3. The maximum absolute atomic E-state index is 11.7. The lowest BCUT2D eigenvalue weighted by molar-refractivity contribution is 0.0526. The second kappa shape index (κ2) is 12.4. The Kier molecular flexibility index (Phi) is 9.01. The molecular weight excluding hydrogens is 390 g/mol. The molecule has 3 rings (SSSR count). The van der Waals surface area contributed by atoms with Crippen molar-refractivity contribution in [2.24, 2.45) is 0 Å². The Labute approximate surface area is 183 Å². The van der Waals surface area contributed by atoms with Crippen LogP contribution in [0, 0.1) is 0 Å². The van der Waals surface area contributed by atoms with Gasteiger partial charge in [-0.1, -0.05) is 6.07 Å². The summed E-state index contributed by atoms with van der Waals surface area (Å²) < 4.78 is 10.9. The fraction of sp³-hybridized carbons (Fsp3) is 0.320. The first-order valence-electron chi connectivity index (χ1n) is 10.6. The Morgan fingerprint density at radius 1 is 0.935 bits per heavy atom. The van der Waals surface area contributed by atoms with E-state index in [0.29, 0.717) is 18.8 Å². The van der Waals surface area contributed by atoms with E-state index in [1.165, 1.54) is 11.1 Å². The maximum Gasteiger partial charge on any atom is 0.338 e. The Bertz CT molecular complexity index is 902. The molecule has 0 aliphatic rings. The van der Waals surface area contributed by atoms with Gasteiger partial charge in [0, 0.05) is 44.4 Å². The quantitative estimate of drug-likeness (QED) is 0.324. The molecule has 3 aromatic rings. The smallest absolute Gasteiger partial charge is 0.338 e. The summed E-state index contributed by atoms with van der Waals surface area (Å²) in [6, 6.07) is 15.3. The largest absolute Gasteiger partial charge is 0.494 e. The lowest BCUT2D eigenvalue weighted by Crippen LogP contribution is -2.28. The van der Waals surface area contributed by atoms with Gasteiger partial charge in [-0.05, 0) is 73.4 Å². The molecule has 0 fully saturated rings. The number of benzene rings is 1. The maximum atomic E-state index is 11.7. The first-order valence-corrected chi connectivity index (χ1v) is 10.6. The van der Waals surface area contributed by atoms with Gasteiger partial charge in [0.05, 0.1) is 18.8 Å². The van der Waals surface area contributed by atoms with Gasteiger partial charge in [-0.2, -0.15) is 0 Å². The minimum absolute atomic E-state index is 0.311. The number of rotatable bonds is 12. The Hall–Kier alpha value is -3.25. The highest BCUT2D eigenvalue weighted by Crippen LogP contribution is 2.14. The molecular formula is C25H29N3O3. The molecule has 6 heteroatoms. The van der Waals surface area contributed by atoms with Crippen molar-refractivity contribution in [1.29, 1.82) is 0 Å². The molecule has 0 unspecified atom stereocenters. The Morgan fingerprint density at radius 3 is 2.45 bits per heavy atom. The van der Waals surface area contributed by atoms with Gasteiger partial charge in [0.15, 0.2) is 0 Å². The number of carbonyl (C=O) groups excluding carboxylic acids is 1. The molecule has 31 heavy (non-hydrogen) atoms. The summed E-state index contributed by atoms with van der Waals surface area (Å²) in [4.78, 5) is 22.5. The van der Waals surface area contributed by atoms with Gasteiger partial charge in [0.1, 0.15) is 5.75 Å². The van der Waals surface area contributed by atoms with Crippen LogP contribution in [0.5, 0.6) is 5.75 Å². The zero-order chi connectivity index (χ0) is 21.7. The number of esters is 1. The van der Waals surface area contributed by atoms with Gasteiger partial charge in [-0.3, -0.25) is 14.9 Å². The van der Waals surface area contributed by atoms with Crippen LogP contribution in [0.3, 0.4) is 0 Å². The lowest BCUT2D eigenvalue weighted by atomic mass is 10.2. The van der Waals surface area contributed by atoms with Crippen molar-refractivity contribution < 1.29 is 14.3 Å². The van der Waals surface area contributed by atoms with Gasteiger partial charge in [-0.25, -0.2) is 4.79 Å². The summed E-state index contributed by atoms with van der Waals surface area (Å²) in [5.41, 5.74) is 3.02. The standard InChI is InChI=1S/C25H29N3O3/c1-2-30-25(29)23-6-8-24(9-7-23)31-18-4-16-28(20-22-10-14-26-15-11-22)17-12-21-5-3-13-27-19-21/h3,5-11,13-15,19H,2,4,12,16-18,20H2,1H3. The van der Waals surface area contributed by atoms with Gasteiger partial charge in [0.25, 0.3) is 0 Å². The zero-order valence-corrected chi connectivity index (χ0v) is 17.9. The Balaban J connectivity index is 1.48. The third-order valence-corrected chi connectivity index (χ3v) is 4.85. The second-order valence-electron chi connectivity index (χ2n) is 7.19. The highest BCUT2D eigenvalue weighted by atomic mass is 16.5. The fourth-order valence-corrected chi connectivity index (χ4v) is 3.23. The van der Waals surface area contributed by atoms with Crippen LogP contribution in [0.25, 0.3) is 0 Å². The van der Waals surface area contributed by atoms with Crippen molar-refractivity contribution in [2.75, 3.05) is 26.3 Å². The van der Waals surface area contributed by atoms with E-state index in [2.05, 4.69) is 33.1 Å². The van der Waals surface area contributed by atoms with Gasteiger partial charge >= 0.3 is 5.97 Å². The first-order chi connectivity index (χ1) is 15.2. The van der Waals surface area contributed by atoms with Crippen molar-refractivity contribution in [3.63, 3.8) is 0 Å². The first kappa shape index (κ1) is 22.4. The highest BCUT2D eigenvalue weighted by molar-refractivity contribution is 5.89. The minimum Gasteiger partial charge on any atom is -0.494 e. The molecule has 0 N–H and O–H groups in total. The molecule has 0 aliphatic carbocycles. The number of ether oxygens (including phenoxy) is 2. The topological polar surface area (TPSA) is 64.6 Å². The predicted octanol–water partition coefficient (Wildman–Crippen LogP) is 4.17. The summed E-state index contributed by atoms with van der Waals surface area (Å²) in [5.74, 6) is 0.443. The molecule has 0 aliphatic heterocycles. The summed E-state index contributed by atoms with van der Waals surface area (Å²) >= 11 is 0. The summed E-state index contributed by atoms with van der Waals surface area (Å²) in [6.07, 6.45) is 9.24. The van der Waals surface area contributed by atoms with E-state index in [1.807, 2.05) is 36.8 Å². The van der Waals surface area contributed by atoms with E-state index in [4.69, 9.17) is 9.47 Å². The van der Waals surface area contributed by atoms with Gasteiger partial charge < -0.3 is 9.47 Å². The van der Waals surface area contributed by atoms with Gasteiger partial charge in [-0.15, -0.1) is 0 Å². The second-order valence-corrected chi connectivity index (χ2v) is 7.19. The molecule has 0 radical (unpaired) electrons. The van der Waals surface area contributed by atoms with Crippen molar-refractivity contribution in [3.05, 3.63) is 90.0 Å². The van der Waals surface area contributed by atoms with Crippen molar-refractivity contribution >= 4 is 5.97 Å². The van der Waals surface area contributed by atoms with Crippen LogP contribution < -0.4 is 4.74 Å². The molecule has 0 saturated carbocycles. The lowest BCUT2D eigenvalue weighted by Gasteiger charge is -2.22. The van der Waals surface area contributed by atoms with E-state index < -0.39 is 0 Å². The minimum atomic E-state index is -0.311. The molecule has 0 bridgehead atoms. The van der Waals surface area contributed by atoms with Crippen LogP contribution in [0.1, 0.15) is 34.8 Å². The number of hydrogen-bond acceptors (Lipinski definition) is 6. The van der Waals surface area contributed by atoms with Crippen molar-refractivity contribution in [2.45, 2.75) is 26.3 Å². The molecule has 6 nitrogen and oxygen atoms in total. The molecule has 0 atom stereocenters. The van der Waals surface area contributed by atoms with Crippen LogP contribution >= 0.6 is 0 Å².